The second-order valence-corrected chi connectivity index (χ2v) is 12.0. The standard InChI is InChI=1S/C33H39FN6O2/c1-23-5-2-6-24-7-3-8-29(31(23)24)39-15-13-27-28(21-39)35-33(42-22-26-12-16-40(26)25-10-11-25)36-32(27)38-19-17-37(18-20-38)30(41)9-4-14-34/h2-9,25-26H,10-22H2,1H3/b9-4+. The molecule has 1 aromatic heterocycles. The van der Waals surface area contributed by atoms with Crippen LogP contribution in [0.5, 0.6) is 6.01 Å². The first-order valence-corrected chi connectivity index (χ1v) is 15.4. The molecule has 0 spiro atoms. The summed E-state index contributed by atoms with van der Waals surface area (Å²) >= 11 is 0. The summed E-state index contributed by atoms with van der Waals surface area (Å²) in [5.41, 5.74) is 4.71. The predicted octanol–water partition coefficient (Wildman–Crippen LogP) is 4.29. The summed E-state index contributed by atoms with van der Waals surface area (Å²) in [6.07, 6.45) is 7.21. The van der Waals surface area contributed by atoms with Gasteiger partial charge in [0.2, 0.25) is 5.91 Å². The summed E-state index contributed by atoms with van der Waals surface area (Å²) in [6, 6.07) is 14.7. The number of rotatable bonds is 8. The number of ether oxygens (including phenoxy) is 1. The van der Waals surface area contributed by atoms with Gasteiger partial charge in [-0.25, -0.2) is 4.39 Å². The molecule has 220 valence electrons. The van der Waals surface area contributed by atoms with E-state index < -0.39 is 6.67 Å². The van der Waals surface area contributed by atoms with E-state index in [-0.39, 0.29) is 5.91 Å². The summed E-state index contributed by atoms with van der Waals surface area (Å²) in [4.78, 5) is 31.5. The summed E-state index contributed by atoms with van der Waals surface area (Å²) in [5, 5.41) is 2.54. The number of benzene rings is 2. The van der Waals surface area contributed by atoms with Crippen molar-refractivity contribution in [2.75, 3.05) is 62.3 Å². The van der Waals surface area contributed by atoms with Crippen LogP contribution in [0.2, 0.25) is 0 Å². The molecule has 9 heteroatoms. The number of anilines is 2. The van der Waals surface area contributed by atoms with E-state index in [1.165, 1.54) is 52.6 Å². The van der Waals surface area contributed by atoms with Gasteiger partial charge in [-0.3, -0.25) is 9.69 Å². The lowest BCUT2D eigenvalue weighted by Crippen LogP contribution is -2.52. The van der Waals surface area contributed by atoms with Gasteiger partial charge in [-0.15, -0.1) is 0 Å². The number of piperazine rings is 1. The molecule has 1 atom stereocenters. The SMILES string of the molecule is Cc1cccc2cccc(N3CCc4c(nc(OCC5CCN5C5CC5)nc4N4CCN(C(=O)/C=C/CF)CC4)C3)c12. The van der Waals surface area contributed by atoms with Gasteiger partial charge >= 0.3 is 6.01 Å². The average Bonchev–Trinajstić information content (AvgIpc) is 3.83. The molecule has 1 saturated carbocycles. The van der Waals surface area contributed by atoms with E-state index in [2.05, 4.69) is 58.0 Å². The van der Waals surface area contributed by atoms with Crippen LogP contribution in [0.25, 0.3) is 10.8 Å². The van der Waals surface area contributed by atoms with Crippen molar-refractivity contribution in [3.05, 3.63) is 65.4 Å². The molecule has 42 heavy (non-hydrogen) atoms. The van der Waals surface area contributed by atoms with Crippen LogP contribution in [0.1, 0.15) is 36.1 Å². The summed E-state index contributed by atoms with van der Waals surface area (Å²) < 4.78 is 18.9. The van der Waals surface area contributed by atoms with Crippen molar-refractivity contribution in [1.29, 1.82) is 0 Å². The number of likely N-dealkylation sites (tertiary alicyclic amines) is 1. The smallest absolute Gasteiger partial charge is 0.318 e. The molecular formula is C33H39FN6O2. The summed E-state index contributed by atoms with van der Waals surface area (Å²) in [6.45, 7) is 7.39. The zero-order valence-electron chi connectivity index (χ0n) is 24.3. The highest BCUT2D eigenvalue weighted by molar-refractivity contribution is 5.97. The van der Waals surface area contributed by atoms with Gasteiger partial charge in [0.25, 0.3) is 0 Å². The van der Waals surface area contributed by atoms with Crippen molar-refractivity contribution >= 4 is 28.2 Å². The Bertz CT molecular complexity index is 1490. The number of hydrogen-bond donors (Lipinski definition) is 0. The first kappa shape index (κ1) is 27.1. The molecule has 1 amide bonds. The number of carbonyl (C=O) groups excluding carboxylic acids is 1. The molecule has 2 aromatic carbocycles. The highest BCUT2D eigenvalue weighted by Crippen LogP contribution is 2.37. The highest BCUT2D eigenvalue weighted by atomic mass is 19.1. The molecule has 3 aromatic rings. The second kappa shape index (κ2) is 11.5. The first-order chi connectivity index (χ1) is 20.6. The van der Waals surface area contributed by atoms with E-state index in [1.807, 2.05) is 0 Å². The number of hydrogen-bond acceptors (Lipinski definition) is 7. The Balaban J connectivity index is 1.16. The van der Waals surface area contributed by atoms with Crippen molar-refractivity contribution in [2.24, 2.45) is 0 Å². The monoisotopic (exact) mass is 570 g/mol. The maximum absolute atomic E-state index is 12.5. The van der Waals surface area contributed by atoms with Gasteiger partial charge in [-0.05, 0) is 55.7 Å². The third-order valence-electron chi connectivity index (χ3n) is 9.31. The Morgan fingerprint density at radius 2 is 1.81 bits per heavy atom. The van der Waals surface area contributed by atoms with Crippen molar-refractivity contribution < 1.29 is 13.9 Å². The van der Waals surface area contributed by atoms with Gasteiger partial charge in [0.1, 0.15) is 19.1 Å². The highest BCUT2D eigenvalue weighted by Gasteiger charge is 2.40. The van der Waals surface area contributed by atoms with Gasteiger partial charge in [-0.2, -0.15) is 9.97 Å². The van der Waals surface area contributed by atoms with E-state index in [0.717, 1.165) is 43.5 Å². The van der Waals surface area contributed by atoms with Gasteiger partial charge in [-0.1, -0.05) is 30.3 Å². The van der Waals surface area contributed by atoms with Crippen LogP contribution in [0.3, 0.4) is 0 Å². The molecular weight excluding hydrogens is 531 g/mol. The minimum absolute atomic E-state index is 0.136. The Labute approximate surface area is 246 Å². The van der Waals surface area contributed by atoms with Crippen molar-refractivity contribution in [1.82, 2.24) is 19.8 Å². The molecule has 1 unspecified atom stereocenters. The quantitative estimate of drug-likeness (QED) is 0.375. The topological polar surface area (TPSA) is 65.0 Å². The predicted molar refractivity (Wildman–Crippen MR) is 163 cm³/mol. The van der Waals surface area contributed by atoms with Crippen molar-refractivity contribution in [3.8, 4) is 6.01 Å². The fourth-order valence-electron chi connectivity index (χ4n) is 6.78. The van der Waals surface area contributed by atoms with E-state index in [0.29, 0.717) is 51.4 Å². The number of amides is 1. The van der Waals surface area contributed by atoms with Crippen molar-refractivity contribution in [2.45, 2.75) is 51.2 Å². The van der Waals surface area contributed by atoms with Crippen LogP contribution < -0.4 is 14.5 Å². The summed E-state index contributed by atoms with van der Waals surface area (Å²) in [5.74, 6) is 0.797. The Morgan fingerprint density at radius 3 is 2.55 bits per heavy atom. The number of nitrogens with zero attached hydrogens (tertiary/aromatic N) is 6. The number of carbonyl (C=O) groups is 1. The first-order valence-electron chi connectivity index (χ1n) is 15.4. The molecule has 7 rings (SSSR count). The van der Waals surface area contributed by atoms with Crippen molar-refractivity contribution in [3.63, 3.8) is 0 Å². The van der Waals surface area contributed by atoms with Gasteiger partial charge in [0, 0.05) is 74.1 Å². The zero-order chi connectivity index (χ0) is 28.6. The third kappa shape index (κ3) is 5.30. The number of fused-ring (bicyclic) bond motifs is 2. The van der Waals surface area contributed by atoms with Crippen LogP contribution >= 0.6 is 0 Å². The van der Waals surface area contributed by atoms with Gasteiger partial charge < -0.3 is 19.4 Å². The van der Waals surface area contributed by atoms with Crippen LogP contribution in [0.4, 0.5) is 15.9 Å². The molecule has 4 aliphatic rings. The van der Waals surface area contributed by atoms with Crippen LogP contribution in [0.15, 0.2) is 48.6 Å². The fourth-order valence-corrected chi connectivity index (χ4v) is 6.78. The molecule has 0 radical (unpaired) electrons. The zero-order valence-corrected chi connectivity index (χ0v) is 24.3. The van der Waals surface area contributed by atoms with E-state index in [4.69, 9.17) is 14.7 Å². The summed E-state index contributed by atoms with van der Waals surface area (Å²) in [7, 11) is 0. The Morgan fingerprint density at radius 1 is 1.00 bits per heavy atom. The lowest BCUT2D eigenvalue weighted by atomic mass is 9.99. The molecule has 8 nitrogen and oxygen atoms in total. The minimum atomic E-state index is -0.629. The average molecular weight is 571 g/mol. The maximum Gasteiger partial charge on any atom is 0.318 e. The minimum Gasteiger partial charge on any atom is -0.462 e. The number of allylic oxidation sites excluding steroid dienone is 1. The lowest BCUT2D eigenvalue weighted by Gasteiger charge is -2.41. The molecule has 2 saturated heterocycles. The third-order valence-corrected chi connectivity index (χ3v) is 9.31. The van der Waals surface area contributed by atoms with E-state index in [9.17, 15) is 9.18 Å². The molecule has 4 heterocycles. The fraction of sp³-hybridized carbons (Fsp3) is 0.485. The number of aromatic nitrogens is 2. The normalized spacial score (nSPS) is 21.1. The molecule has 0 bridgehead atoms. The number of halogens is 1. The number of aryl methyl sites for hydroxylation is 1. The van der Waals surface area contributed by atoms with Gasteiger partial charge in [0.15, 0.2) is 0 Å². The largest absolute Gasteiger partial charge is 0.462 e. The van der Waals surface area contributed by atoms with Crippen LogP contribution in [0, 0.1) is 6.92 Å². The van der Waals surface area contributed by atoms with Gasteiger partial charge in [0.05, 0.1) is 12.2 Å². The van der Waals surface area contributed by atoms with E-state index >= 15 is 0 Å². The molecule has 1 aliphatic carbocycles. The van der Waals surface area contributed by atoms with Crippen LogP contribution in [-0.4, -0.2) is 90.3 Å². The Kier molecular flexibility index (Phi) is 7.44. The van der Waals surface area contributed by atoms with E-state index in [1.54, 1.807) is 4.90 Å². The van der Waals surface area contributed by atoms with Crippen LogP contribution in [-0.2, 0) is 17.8 Å². The maximum atomic E-state index is 12.5. The lowest BCUT2D eigenvalue weighted by molar-refractivity contribution is -0.126. The second-order valence-electron chi connectivity index (χ2n) is 12.0. The number of alkyl halides is 1. The molecule has 3 aliphatic heterocycles. The molecule has 0 N–H and O–H groups in total. The Hall–Kier alpha value is -3.72. The molecule has 3 fully saturated rings.